The summed E-state index contributed by atoms with van der Waals surface area (Å²) in [4.78, 5) is 24.8. The second-order valence-corrected chi connectivity index (χ2v) is 9.75. The van der Waals surface area contributed by atoms with Gasteiger partial charge in [-0.1, -0.05) is 0 Å². The van der Waals surface area contributed by atoms with Crippen LogP contribution in [0.1, 0.15) is 12.0 Å². The van der Waals surface area contributed by atoms with Gasteiger partial charge in [-0.05, 0) is 48.9 Å². The van der Waals surface area contributed by atoms with Gasteiger partial charge in [0.2, 0.25) is 21.8 Å². The van der Waals surface area contributed by atoms with Gasteiger partial charge in [0.25, 0.3) is 0 Å². The van der Waals surface area contributed by atoms with E-state index in [1.165, 1.54) is 49.1 Å². The molecular formula is C19H20FN3O4S2. The number of nitrogens with one attached hydrogen (secondary N) is 2. The molecule has 0 unspecified atom stereocenters. The molecule has 1 aliphatic heterocycles. The third-order valence-electron chi connectivity index (χ3n) is 4.35. The number of hydrogen-bond acceptors (Lipinski definition) is 5. The summed E-state index contributed by atoms with van der Waals surface area (Å²) < 4.78 is 39.8. The molecule has 29 heavy (non-hydrogen) atoms. The number of benzene rings is 2. The van der Waals surface area contributed by atoms with Crippen LogP contribution in [-0.4, -0.2) is 43.9 Å². The maximum absolute atomic E-state index is 13.2. The summed E-state index contributed by atoms with van der Waals surface area (Å²) in [6, 6.07) is 8.41. The second kappa shape index (κ2) is 8.52. The zero-order valence-corrected chi connectivity index (χ0v) is 17.5. The van der Waals surface area contributed by atoms with Crippen LogP contribution >= 0.6 is 11.8 Å². The molecule has 2 aromatic rings. The maximum atomic E-state index is 13.2. The Balaban J connectivity index is 1.75. The van der Waals surface area contributed by atoms with Gasteiger partial charge in [-0.25, -0.2) is 12.8 Å². The number of carbonyl (C=O) groups excluding carboxylic acids is 2. The molecule has 2 aromatic carbocycles. The van der Waals surface area contributed by atoms with Crippen molar-refractivity contribution < 1.29 is 22.4 Å². The zero-order chi connectivity index (χ0) is 21.2. The first-order valence-corrected chi connectivity index (χ1v) is 11.2. The van der Waals surface area contributed by atoms with Crippen molar-refractivity contribution in [1.29, 1.82) is 0 Å². The first-order chi connectivity index (χ1) is 13.7. The molecule has 0 saturated heterocycles. The van der Waals surface area contributed by atoms with Crippen LogP contribution in [0.2, 0.25) is 0 Å². The molecular weight excluding hydrogens is 417 g/mol. The number of halogens is 1. The van der Waals surface area contributed by atoms with Crippen molar-refractivity contribution in [3.8, 4) is 0 Å². The Hall–Kier alpha value is -2.43. The van der Waals surface area contributed by atoms with Crippen LogP contribution in [-0.2, 0) is 19.6 Å². The van der Waals surface area contributed by atoms with Gasteiger partial charge in [-0.2, -0.15) is 4.31 Å². The number of amides is 2. The average Bonchev–Trinajstić information content (AvgIpc) is 2.83. The van der Waals surface area contributed by atoms with E-state index >= 15 is 0 Å². The third kappa shape index (κ3) is 4.95. The highest BCUT2D eigenvalue weighted by Gasteiger charge is 2.25. The Kier molecular flexibility index (Phi) is 6.25. The fraction of sp³-hybridized carbons (Fsp3) is 0.263. The van der Waals surface area contributed by atoms with Gasteiger partial charge in [0.15, 0.2) is 0 Å². The summed E-state index contributed by atoms with van der Waals surface area (Å²) in [7, 11) is -2.66. The first-order valence-electron chi connectivity index (χ1n) is 8.76. The molecule has 7 nitrogen and oxygen atoms in total. The van der Waals surface area contributed by atoms with E-state index in [9.17, 15) is 22.4 Å². The van der Waals surface area contributed by atoms with Gasteiger partial charge in [0.1, 0.15) is 5.82 Å². The molecule has 10 heteroatoms. The van der Waals surface area contributed by atoms with Gasteiger partial charge in [-0.15, -0.1) is 11.8 Å². The lowest BCUT2D eigenvalue weighted by Gasteiger charge is -2.18. The molecule has 0 aromatic heterocycles. The average molecular weight is 438 g/mol. The topological polar surface area (TPSA) is 95.6 Å². The van der Waals surface area contributed by atoms with Crippen LogP contribution in [0.4, 0.5) is 15.8 Å². The highest BCUT2D eigenvalue weighted by Crippen LogP contribution is 2.33. The van der Waals surface area contributed by atoms with Crippen molar-refractivity contribution >= 4 is 45.0 Å². The SMILES string of the molecule is Cc1cc(F)ccc1NC(=O)CN(C)S(=O)(=O)c1ccc2c(c1)NC(=O)CCS2. The summed E-state index contributed by atoms with van der Waals surface area (Å²) in [6.07, 6.45) is 0.351. The predicted octanol–water partition coefficient (Wildman–Crippen LogP) is 2.83. The van der Waals surface area contributed by atoms with Crippen molar-refractivity contribution in [1.82, 2.24) is 4.31 Å². The summed E-state index contributed by atoms with van der Waals surface area (Å²) in [5.41, 5.74) is 1.38. The van der Waals surface area contributed by atoms with Crippen molar-refractivity contribution in [2.24, 2.45) is 0 Å². The van der Waals surface area contributed by atoms with Crippen molar-refractivity contribution in [3.05, 3.63) is 47.8 Å². The van der Waals surface area contributed by atoms with Crippen LogP contribution in [0.15, 0.2) is 46.2 Å². The summed E-state index contributed by atoms with van der Waals surface area (Å²) in [5.74, 6) is -0.528. The number of hydrogen-bond donors (Lipinski definition) is 2. The smallest absolute Gasteiger partial charge is 0.243 e. The minimum absolute atomic E-state index is 0.0210. The Morgan fingerprint density at radius 1 is 1.28 bits per heavy atom. The standard InChI is InChI=1S/C19H20FN3O4S2/c1-12-9-13(20)3-5-15(12)21-19(25)11-23(2)29(26,27)14-4-6-17-16(10-14)22-18(24)7-8-28-17/h3-6,9-10H,7-8,11H2,1-2H3,(H,21,25)(H,22,24). The minimum atomic E-state index is -3.95. The number of rotatable bonds is 5. The number of anilines is 2. The number of sulfonamides is 1. The van der Waals surface area contributed by atoms with Gasteiger partial charge in [0.05, 0.1) is 17.1 Å². The van der Waals surface area contributed by atoms with E-state index < -0.39 is 28.3 Å². The van der Waals surface area contributed by atoms with Crippen LogP contribution in [0.3, 0.4) is 0 Å². The molecule has 0 spiro atoms. The van der Waals surface area contributed by atoms with Crippen LogP contribution in [0.25, 0.3) is 0 Å². The lowest BCUT2D eigenvalue weighted by molar-refractivity contribution is -0.116. The van der Waals surface area contributed by atoms with E-state index in [2.05, 4.69) is 10.6 Å². The lowest BCUT2D eigenvalue weighted by atomic mass is 10.2. The van der Waals surface area contributed by atoms with E-state index in [1.54, 1.807) is 13.0 Å². The molecule has 1 heterocycles. The fourth-order valence-corrected chi connectivity index (χ4v) is 4.87. The van der Waals surface area contributed by atoms with Gasteiger partial charge >= 0.3 is 0 Å². The molecule has 3 rings (SSSR count). The molecule has 1 aliphatic rings. The van der Waals surface area contributed by atoms with E-state index in [0.717, 1.165) is 9.20 Å². The van der Waals surface area contributed by atoms with Gasteiger partial charge in [-0.3, -0.25) is 9.59 Å². The molecule has 0 radical (unpaired) electrons. The van der Waals surface area contributed by atoms with Gasteiger partial charge in [0, 0.05) is 29.8 Å². The van der Waals surface area contributed by atoms with E-state index in [4.69, 9.17) is 0 Å². The summed E-state index contributed by atoms with van der Waals surface area (Å²) in [5, 5.41) is 5.29. The lowest BCUT2D eigenvalue weighted by Crippen LogP contribution is -2.35. The van der Waals surface area contributed by atoms with Crippen LogP contribution in [0.5, 0.6) is 0 Å². The highest BCUT2D eigenvalue weighted by atomic mass is 32.2. The molecule has 0 aliphatic carbocycles. The van der Waals surface area contributed by atoms with Crippen LogP contribution in [0, 0.1) is 12.7 Å². The number of likely N-dealkylation sites (N-methyl/N-ethyl adjacent to an activating group) is 1. The Labute approximate surface area is 172 Å². The molecule has 0 atom stereocenters. The molecule has 0 bridgehead atoms. The minimum Gasteiger partial charge on any atom is -0.325 e. The van der Waals surface area contributed by atoms with E-state index in [-0.39, 0.29) is 10.8 Å². The van der Waals surface area contributed by atoms with Crippen molar-refractivity contribution in [2.75, 3.05) is 30.0 Å². The summed E-state index contributed by atoms with van der Waals surface area (Å²) in [6.45, 7) is 1.22. The normalized spacial score (nSPS) is 14.1. The largest absolute Gasteiger partial charge is 0.325 e. The van der Waals surface area contributed by atoms with Crippen molar-refractivity contribution in [2.45, 2.75) is 23.1 Å². The number of aryl methyl sites for hydroxylation is 1. The predicted molar refractivity (Wildman–Crippen MR) is 110 cm³/mol. The Morgan fingerprint density at radius 2 is 2.03 bits per heavy atom. The molecule has 0 saturated carbocycles. The Bertz CT molecular complexity index is 1070. The van der Waals surface area contributed by atoms with E-state index in [1.807, 2.05) is 0 Å². The maximum Gasteiger partial charge on any atom is 0.243 e. The third-order valence-corrected chi connectivity index (χ3v) is 7.22. The summed E-state index contributed by atoms with van der Waals surface area (Å²) >= 11 is 1.47. The fourth-order valence-electron chi connectivity index (χ4n) is 2.78. The van der Waals surface area contributed by atoms with Gasteiger partial charge < -0.3 is 10.6 Å². The second-order valence-electron chi connectivity index (χ2n) is 6.57. The first kappa shape index (κ1) is 21.3. The number of nitrogens with zero attached hydrogens (tertiary/aromatic N) is 1. The molecule has 2 N–H and O–H groups in total. The molecule has 0 fully saturated rings. The number of fused-ring (bicyclic) bond motifs is 1. The van der Waals surface area contributed by atoms with Crippen molar-refractivity contribution in [3.63, 3.8) is 0 Å². The highest BCUT2D eigenvalue weighted by molar-refractivity contribution is 7.99. The molecule has 154 valence electrons. The van der Waals surface area contributed by atoms with Crippen LogP contribution < -0.4 is 10.6 Å². The quantitative estimate of drug-likeness (QED) is 0.750. The Morgan fingerprint density at radius 3 is 2.76 bits per heavy atom. The number of thioether (sulfide) groups is 1. The number of carbonyl (C=O) groups is 2. The van der Waals surface area contributed by atoms with E-state index in [0.29, 0.717) is 29.1 Å². The zero-order valence-electron chi connectivity index (χ0n) is 15.9. The monoisotopic (exact) mass is 437 g/mol. The molecule has 2 amide bonds.